The van der Waals surface area contributed by atoms with Gasteiger partial charge in [0, 0.05) is 11.6 Å². The van der Waals surface area contributed by atoms with E-state index in [1.807, 2.05) is 24.3 Å². The maximum atomic E-state index is 10.9. The molecular formula is C17H17NO3. The number of carbonyl (C=O) groups is 1. The summed E-state index contributed by atoms with van der Waals surface area (Å²) in [4.78, 5) is 15.2. The van der Waals surface area contributed by atoms with Gasteiger partial charge in [-0.05, 0) is 43.0 Å². The van der Waals surface area contributed by atoms with Crippen LogP contribution in [-0.2, 0) is 11.2 Å². The fourth-order valence-electron chi connectivity index (χ4n) is 2.64. The number of pyridine rings is 1. The van der Waals surface area contributed by atoms with E-state index in [0.29, 0.717) is 12.8 Å². The van der Waals surface area contributed by atoms with Crippen molar-refractivity contribution in [1.82, 2.24) is 4.98 Å². The molecule has 21 heavy (non-hydrogen) atoms. The highest BCUT2D eigenvalue weighted by Gasteiger charge is 2.36. The van der Waals surface area contributed by atoms with Crippen LogP contribution in [0.2, 0.25) is 0 Å². The second-order valence-corrected chi connectivity index (χ2v) is 5.41. The smallest absolute Gasteiger partial charge is 0.306 e. The Morgan fingerprint density at radius 1 is 1.48 bits per heavy atom. The molecule has 2 aromatic rings. The Bertz CT molecular complexity index is 689. The molecule has 0 unspecified atom stereocenters. The first-order chi connectivity index (χ1) is 10.2. The first-order valence-electron chi connectivity index (χ1n) is 7.05. The molecule has 1 aromatic heterocycles. The van der Waals surface area contributed by atoms with Gasteiger partial charge in [0.25, 0.3) is 0 Å². The topological polar surface area (TPSA) is 59.4 Å². The quantitative estimate of drug-likeness (QED) is 0.856. The summed E-state index contributed by atoms with van der Waals surface area (Å²) in [5, 5.41) is 9.95. The van der Waals surface area contributed by atoms with Gasteiger partial charge in [0.1, 0.15) is 17.4 Å². The number of ether oxygens (including phenoxy) is 1. The Morgan fingerprint density at radius 2 is 2.29 bits per heavy atom. The van der Waals surface area contributed by atoms with E-state index in [9.17, 15) is 4.79 Å². The van der Waals surface area contributed by atoms with Gasteiger partial charge in [0.05, 0.1) is 5.92 Å². The van der Waals surface area contributed by atoms with Crippen molar-refractivity contribution in [3.8, 4) is 5.75 Å². The van der Waals surface area contributed by atoms with E-state index in [-0.39, 0.29) is 12.0 Å². The summed E-state index contributed by atoms with van der Waals surface area (Å²) >= 11 is 0. The summed E-state index contributed by atoms with van der Waals surface area (Å²) in [6.07, 6.45) is 5.46. The van der Waals surface area contributed by atoms with E-state index in [2.05, 4.69) is 17.6 Å². The van der Waals surface area contributed by atoms with Crippen molar-refractivity contribution < 1.29 is 14.6 Å². The minimum absolute atomic E-state index is 0.0321. The maximum Gasteiger partial charge on any atom is 0.306 e. The molecule has 0 amide bonds. The molecule has 0 aliphatic heterocycles. The van der Waals surface area contributed by atoms with Crippen LogP contribution in [0.1, 0.15) is 18.4 Å². The van der Waals surface area contributed by atoms with Gasteiger partial charge in [-0.2, -0.15) is 0 Å². The summed E-state index contributed by atoms with van der Waals surface area (Å²) in [6, 6.07) is 7.96. The average Bonchev–Trinajstić information content (AvgIpc) is 2.42. The Kier molecular flexibility index (Phi) is 3.60. The third-order valence-corrected chi connectivity index (χ3v) is 3.85. The zero-order valence-electron chi connectivity index (χ0n) is 11.7. The van der Waals surface area contributed by atoms with Gasteiger partial charge in [0.2, 0.25) is 0 Å². The molecule has 4 heteroatoms. The summed E-state index contributed by atoms with van der Waals surface area (Å²) in [5.74, 6) is -0.275. The van der Waals surface area contributed by atoms with Gasteiger partial charge in [-0.3, -0.25) is 9.78 Å². The number of hydrogen-bond acceptors (Lipinski definition) is 3. The molecule has 3 rings (SSSR count). The van der Waals surface area contributed by atoms with Crippen LogP contribution in [0.4, 0.5) is 0 Å². The number of rotatable bonds is 5. The predicted molar refractivity (Wildman–Crippen MR) is 80.4 cm³/mol. The van der Waals surface area contributed by atoms with Crippen molar-refractivity contribution in [3.05, 3.63) is 48.7 Å². The van der Waals surface area contributed by atoms with Gasteiger partial charge >= 0.3 is 5.97 Å². The van der Waals surface area contributed by atoms with Crippen molar-refractivity contribution in [2.45, 2.75) is 25.4 Å². The van der Waals surface area contributed by atoms with E-state index in [0.717, 1.165) is 28.6 Å². The number of allylic oxidation sites excluding steroid dienone is 1. The number of aromatic nitrogens is 1. The summed E-state index contributed by atoms with van der Waals surface area (Å²) < 4.78 is 5.97. The molecule has 0 saturated heterocycles. The Morgan fingerprint density at radius 3 is 3.00 bits per heavy atom. The molecule has 0 spiro atoms. The van der Waals surface area contributed by atoms with Gasteiger partial charge in [-0.15, -0.1) is 6.58 Å². The first-order valence-corrected chi connectivity index (χ1v) is 7.05. The standard InChI is InChI=1S/C17H17NO3/c1-2-4-11-7-12-5-3-6-18-16(12)15(8-11)21-14-9-13(10-14)17(19)20/h2-3,5-8,13-14H,1,4,9-10H2,(H,19,20)/t13-,14-. The van der Waals surface area contributed by atoms with E-state index >= 15 is 0 Å². The number of carboxylic acid groups (broad SMARTS) is 1. The van der Waals surface area contributed by atoms with Crippen LogP contribution in [0.25, 0.3) is 10.9 Å². The van der Waals surface area contributed by atoms with Crippen molar-refractivity contribution in [2.75, 3.05) is 0 Å². The molecule has 1 aliphatic rings. The molecule has 1 fully saturated rings. The fourth-order valence-corrected chi connectivity index (χ4v) is 2.64. The maximum absolute atomic E-state index is 10.9. The van der Waals surface area contributed by atoms with Crippen LogP contribution >= 0.6 is 0 Å². The van der Waals surface area contributed by atoms with Crippen LogP contribution in [0.15, 0.2) is 43.1 Å². The third-order valence-electron chi connectivity index (χ3n) is 3.85. The lowest BCUT2D eigenvalue weighted by Gasteiger charge is -2.32. The SMILES string of the molecule is C=CCc1cc(O[C@H]2C[C@H](C(=O)O)C2)c2ncccc2c1. The molecule has 0 radical (unpaired) electrons. The van der Waals surface area contributed by atoms with Gasteiger partial charge in [-0.25, -0.2) is 0 Å². The second kappa shape index (κ2) is 5.56. The lowest BCUT2D eigenvalue weighted by atomic mass is 9.82. The third kappa shape index (κ3) is 2.75. The van der Waals surface area contributed by atoms with Crippen molar-refractivity contribution in [1.29, 1.82) is 0 Å². The summed E-state index contributed by atoms with van der Waals surface area (Å²) in [7, 11) is 0. The first kappa shape index (κ1) is 13.6. The second-order valence-electron chi connectivity index (χ2n) is 5.41. The molecular weight excluding hydrogens is 266 g/mol. The number of aliphatic carboxylic acids is 1. The lowest BCUT2D eigenvalue weighted by molar-refractivity contribution is -0.147. The summed E-state index contributed by atoms with van der Waals surface area (Å²) in [6.45, 7) is 3.76. The minimum Gasteiger partial charge on any atom is -0.488 e. The van der Waals surface area contributed by atoms with E-state index in [4.69, 9.17) is 9.84 Å². The molecule has 1 aromatic carbocycles. The zero-order chi connectivity index (χ0) is 14.8. The van der Waals surface area contributed by atoms with Crippen LogP contribution in [0.5, 0.6) is 5.75 Å². The molecule has 1 saturated carbocycles. The molecule has 4 nitrogen and oxygen atoms in total. The highest BCUT2D eigenvalue weighted by atomic mass is 16.5. The van der Waals surface area contributed by atoms with Crippen LogP contribution in [0.3, 0.4) is 0 Å². The zero-order valence-corrected chi connectivity index (χ0v) is 11.7. The molecule has 1 heterocycles. The van der Waals surface area contributed by atoms with Gasteiger partial charge in [0.15, 0.2) is 0 Å². The number of fused-ring (bicyclic) bond motifs is 1. The predicted octanol–water partition coefficient (Wildman–Crippen LogP) is 3.21. The van der Waals surface area contributed by atoms with Crippen molar-refractivity contribution >= 4 is 16.9 Å². The van der Waals surface area contributed by atoms with Crippen LogP contribution in [0, 0.1) is 5.92 Å². The Balaban J connectivity index is 1.86. The highest BCUT2D eigenvalue weighted by Crippen LogP contribution is 2.34. The van der Waals surface area contributed by atoms with Crippen LogP contribution in [-0.4, -0.2) is 22.2 Å². The number of nitrogens with zero attached hydrogens (tertiary/aromatic N) is 1. The van der Waals surface area contributed by atoms with E-state index in [1.165, 1.54) is 0 Å². The van der Waals surface area contributed by atoms with Crippen LogP contribution < -0.4 is 4.74 Å². The average molecular weight is 283 g/mol. The molecule has 0 atom stereocenters. The Hall–Kier alpha value is -2.36. The normalized spacial score (nSPS) is 20.8. The van der Waals surface area contributed by atoms with Gasteiger partial charge < -0.3 is 9.84 Å². The van der Waals surface area contributed by atoms with Crippen molar-refractivity contribution in [2.24, 2.45) is 5.92 Å². The number of hydrogen-bond donors (Lipinski definition) is 1. The van der Waals surface area contributed by atoms with E-state index in [1.54, 1.807) is 6.20 Å². The minimum atomic E-state index is -0.738. The number of carboxylic acids is 1. The lowest BCUT2D eigenvalue weighted by Crippen LogP contribution is -2.38. The molecule has 108 valence electrons. The monoisotopic (exact) mass is 283 g/mol. The molecule has 1 aliphatic carbocycles. The summed E-state index contributed by atoms with van der Waals surface area (Å²) in [5.41, 5.74) is 1.94. The molecule has 0 bridgehead atoms. The molecule has 1 N–H and O–H groups in total. The van der Waals surface area contributed by atoms with Crippen molar-refractivity contribution in [3.63, 3.8) is 0 Å². The van der Waals surface area contributed by atoms with Gasteiger partial charge in [-0.1, -0.05) is 12.1 Å². The number of benzene rings is 1. The highest BCUT2D eigenvalue weighted by molar-refractivity contribution is 5.85. The van der Waals surface area contributed by atoms with E-state index < -0.39 is 5.97 Å². The Labute approximate surface area is 123 Å². The largest absolute Gasteiger partial charge is 0.488 e. The fraction of sp³-hybridized carbons (Fsp3) is 0.294.